The maximum Gasteiger partial charge on any atom is 0.0689 e. The van der Waals surface area contributed by atoms with Crippen LogP contribution in [0.1, 0.15) is 37.8 Å². The Labute approximate surface area is 126 Å². The van der Waals surface area contributed by atoms with Gasteiger partial charge in [-0.3, -0.25) is 0 Å². The third-order valence-corrected chi connectivity index (χ3v) is 4.59. The normalized spacial score (nSPS) is 31.4. The highest BCUT2D eigenvalue weighted by atomic mass is 14.9. The topological polar surface area (TPSA) is 78.1 Å². The van der Waals surface area contributed by atoms with Gasteiger partial charge in [0.25, 0.3) is 0 Å². The molecule has 0 heterocycles. The molecule has 110 valence electrons. The molecule has 0 radical (unpaired) electrons. The van der Waals surface area contributed by atoms with Gasteiger partial charge < -0.3 is 17.2 Å². The van der Waals surface area contributed by atoms with Crippen molar-refractivity contribution in [1.82, 2.24) is 0 Å². The van der Waals surface area contributed by atoms with Crippen molar-refractivity contribution in [3.8, 4) is 0 Å². The summed E-state index contributed by atoms with van der Waals surface area (Å²) in [6, 6.07) is 5.90. The predicted octanol–water partition coefficient (Wildman–Crippen LogP) is 2.83. The molecule has 0 fully saturated rings. The van der Waals surface area contributed by atoms with E-state index in [1.54, 1.807) is 0 Å². The highest BCUT2D eigenvalue weighted by molar-refractivity contribution is 5.58. The predicted molar refractivity (Wildman–Crippen MR) is 88.5 cm³/mol. The zero-order valence-electron chi connectivity index (χ0n) is 12.7. The number of hydrogen-bond donors (Lipinski definition) is 3. The lowest BCUT2D eigenvalue weighted by molar-refractivity contribution is 0.393. The van der Waals surface area contributed by atoms with Crippen LogP contribution >= 0.6 is 0 Å². The van der Waals surface area contributed by atoms with E-state index in [0.29, 0.717) is 6.42 Å². The maximum absolute atomic E-state index is 6.82. The molecular formula is C18H23N3. The van der Waals surface area contributed by atoms with Gasteiger partial charge in [0.15, 0.2) is 0 Å². The van der Waals surface area contributed by atoms with Gasteiger partial charge in [0.2, 0.25) is 0 Å². The number of allylic oxidation sites excluding steroid dienone is 4. The largest absolute Gasteiger partial charge is 0.399 e. The summed E-state index contributed by atoms with van der Waals surface area (Å²) in [6.07, 6.45) is 10.2. The molecule has 2 aliphatic rings. The average molecular weight is 281 g/mol. The summed E-state index contributed by atoms with van der Waals surface area (Å²) in [7, 11) is 0. The molecule has 2 aliphatic carbocycles. The Morgan fingerprint density at radius 1 is 1.10 bits per heavy atom. The number of fused-ring (bicyclic) bond motifs is 1. The summed E-state index contributed by atoms with van der Waals surface area (Å²) in [6.45, 7) is 4.16. The van der Waals surface area contributed by atoms with Gasteiger partial charge in [0, 0.05) is 11.2 Å². The smallest absolute Gasteiger partial charge is 0.0689 e. The van der Waals surface area contributed by atoms with Crippen LogP contribution in [-0.4, -0.2) is 0 Å². The minimum Gasteiger partial charge on any atom is -0.399 e. The molecule has 0 amide bonds. The van der Waals surface area contributed by atoms with E-state index in [1.807, 2.05) is 25.1 Å². The van der Waals surface area contributed by atoms with Gasteiger partial charge in [-0.15, -0.1) is 0 Å². The van der Waals surface area contributed by atoms with Gasteiger partial charge in [-0.1, -0.05) is 35.9 Å². The molecule has 21 heavy (non-hydrogen) atoms. The molecule has 0 bridgehead atoms. The fourth-order valence-corrected chi connectivity index (χ4v) is 3.48. The monoisotopic (exact) mass is 281 g/mol. The summed E-state index contributed by atoms with van der Waals surface area (Å²) in [4.78, 5) is 0. The Hall–Kier alpha value is -1.84. The highest BCUT2D eigenvalue weighted by Gasteiger charge is 2.47. The second kappa shape index (κ2) is 4.58. The molecule has 0 aromatic heterocycles. The van der Waals surface area contributed by atoms with E-state index in [9.17, 15) is 0 Å². The van der Waals surface area contributed by atoms with E-state index in [0.717, 1.165) is 28.8 Å². The molecule has 3 nitrogen and oxygen atoms in total. The number of nitrogen functional groups attached to an aromatic ring is 1. The third kappa shape index (κ3) is 2.23. The Kier molecular flexibility index (Phi) is 3.08. The molecular weight excluding hydrogens is 258 g/mol. The molecule has 0 aliphatic heterocycles. The van der Waals surface area contributed by atoms with E-state index in [1.165, 1.54) is 5.57 Å². The average Bonchev–Trinajstić information content (AvgIpc) is 2.57. The minimum absolute atomic E-state index is 0.459. The number of rotatable bonds is 1. The molecule has 6 N–H and O–H groups in total. The standard InChI is InChI=1S/C18H23N3/c1-12-4-3-5-13(7-6-12)18(21)11-17(2,20)16-10-14(19)8-9-15(16)18/h3,5-10H,4,11,19-21H2,1-2H3. The van der Waals surface area contributed by atoms with Crippen LogP contribution in [0.5, 0.6) is 0 Å². The van der Waals surface area contributed by atoms with E-state index in [4.69, 9.17) is 17.2 Å². The van der Waals surface area contributed by atoms with Crippen molar-refractivity contribution in [3.05, 3.63) is 64.8 Å². The molecule has 1 aromatic carbocycles. The summed E-state index contributed by atoms with van der Waals surface area (Å²) in [5.41, 5.74) is 23.6. The lowest BCUT2D eigenvalue weighted by Crippen LogP contribution is -2.40. The molecule has 2 atom stereocenters. The summed E-state index contributed by atoms with van der Waals surface area (Å²) in [5.74, 6) is 0. The lowest BCUT2D eigenvalue weighted by Gasteiger charge is -2.29. The zero-order chi connectivity index (χ0) is 15.3. The van der Waals surface area contributed by atoms with Gasteiger partial charge in [0.05, 0.1) is 5.54 Å². The van der Waals surface area contributed by atoms with Crippen LogP contribution in [0.25, 0.3) is 0 Å². The summed E-state index contributed by atoms with van der Waals surface area (Å²) in [5, 5.41) is 0. The Morgan fingerprint density at radius 3 is 2.62 bits per heavy atom. The van der Waals surface area contributed by atoms with Crippen molar-refractivity contribution in [1.29, 1.82) is 0 Å². The van der Waals surface area contributed by atoms with Crippen molar-refractivity contribution in [2.24, 2.45) is 11.5 Å². The van der Waals surface area contributed by atoms with E-state index >= 15 is 0 Å². The van der Waals surface area contributed by atoms with Crippen molar-refractivity contribution < 1.29 is 0 Å². The molecule has 0 saturated carbocycles. The zero-order valence-corrected chi connectivity index (χ0v) is 12.7. The van der Waals surface area contributed by atoms with Crippen LogP contribution in [0.3, 0.4) is 0 Å². The Morgan fingerprint density at radius 2 is 1.86 bits per heavy atom. The first-order valence-electron chi connectivity index (χ1n) is 7.36. The molecule has 0 spiro atoms. The van der Waals surface area contributed by atoms with Crippen molar-refractivity contribution in [2.75, 3.05) is 5.73 Å². The number of benzene rings is 1. The lowest BCUT2D eigenvalue weighted by atomic mass is 9.83. The van der Waals surface area contributed by atoms with Crippen molar-refractivity contribution in [3.63, 3.8) is 0 Å². The minimum atomic E-state index is -0.551. The highest BCUT2D eigenvalue weighted by Crippen LogP contribution is 2.48. The van der Waals surface area contributed by atoms with Gasteiger partial charge in [-0.2, -0.15) is 0 Å². The molecule has 2 unspecified atom stereocenters. The first kappa shape index (κ1) is 14.1. The maximum atomic E-state index is 6.82. The fourth-order valence-electron chi connectivity index (χ4n) is 3.48. The van der Waals surface area contributed by atoms with E-state index in [-0.39, 0.29) is 0 Å². The first-order chi connectivity index (χ1) is 9.83. The molecule has 1 aromatic rings. The van der Waals surface area contributed by atoms with Gasteiger partial charge >= 0.3 is 0 Å². The number of hydrogen-bond acceptors (Lipinski definition) is 3. The van der Waals surface area contributed by atoms with Gasteiger partial charge in [0.1, 0.15) is 0 Å². The summed E-state index contributed by atoms with van der Waals surface area (Å²) >= 11 is 0. The van der Waals surface area contributed by atoms with Crippen LogP contribution in [0, 0.1) is 0 Å². The van der Waals surface area contributed by atoms with Crippen LogP contribution in [0.15, 0.2) is 53.6 Å². The second-order valence-electron chi connectivity index (χ2n) is 6.61. The Bertz CT molecular complexity index is 680. The van der Waals surface area contributed by atoms with Gasteiger partial charge in [-0.25, -0.2) is 0 Å². The van der Waals surface area contributed by atoms with Crippen LogP contribution in [0.4, 0.5) is 5.69 Å². The molecule has 3 heteroatoms. The quantitative estimate of drug-likeness (QED) is 0.693. The molecule has 0 saturated heterocycles. The molecule has 3 rings (SSSR count). The van der Waals surface area contributed by atoms with Crippen LogP contribution in [-0.2, 0) is 11.1 Å². The van der Waals surface area contributed by atoms with Crippen molar-refractivity contribution >= 4 is 5.69 Å². The number of nitrogens with two attached hydrogens (primary N) is 3. The Balaban J connectivity index is 2.16. The first-order valence-corrected chi connectivity index (χ1v) is 7.36. The van der Waals surface area contributed by atoms with E-state index < -0.39 is 11.1 Å². The van der Waals surface area contributed by atoms with Crippen LogP contribution < -0.4 is 17.2 Å². The second-order valence-corrected chi connectivity index (χ2v) is 6.61. The number of anilines is 1. The van der Waals surface area contributed by atoms with Crippen LogP contribution in [0.2, 0.25) is 0 Å². The third-order valence-electron chi connectivity index (χ3n) is 4.59. The van der Waals surface area contributed by atoms with Gasteiger partial charge in [-0.05, 0) is 55.5 Å². The van der Waals surface area contributed by atoms with Crippen molar-refractivity contribution in [2.45, 2.75) is 37.8 Å². The SMILES string of the molecule is CC1=CC=C(C2(N)CC(C)(N)c3cc(N)ccc32)C=CC1. The fraction of sp³-hybridized carbons (Fsp3) is 0.333. The summed E-state index contributed by atoms with van der Waals surface area (Å²) < 4.78 is 0. The van der Waals surface area contributed by atoms with E-state index in [2.05, 4.69) is 31.2 Å².